The Kier molecular flexibility index (Phi) is 6.59. The third kappa shape index (κ3) is 6.16. The fourth-order valence-electron chi connectivity index (χ4n) is 2.97. The first kappa shape index (κ1) is 19.4. The lowest BCUT2D eigenvalue weighted by Crippen LogP contribution is -2.48. The molecule has 0 bridgehead atoms. The molecule has 0 saturated carbocycles. The molecule has 1 aromatic rings. The zero-order valence-electron chi connectivity index (χ0n) is 15.9. The standard InChI is InChI=1S/C20H31N3O2/c1-15-7-5-6-8-16(15)14-23-11-9-17(10-12-23)22-18(24)13-21-19(25)20(2,3)4/h5-8,17H,9-14H2,1-4H3,(H,21,25)(H,22,24). The van der Waals surface area contributed by atoms with Crippen molar-refractivity contribution in [1.82, 2.24) is 15.5 Å². The van der Waals surface area contributed by atoms with Gasteiger partial charge in [-0.25, -0.2) is 0 Å². The normalized spacial score (nSPS) is 16.5. The number of aryl methyl sites for hydroxylation is 1. The van der Waals surface area contributed by atoms with Gasteiger partial charge in [-0.2, -0.15) is 0 Å². The van der Waals surface area contributed by atoms with Gasteiger partial charge >= 0.3 is 0 Å². The number of nitrogens with zero attached hydrogens (tertiary/aromatic N) is 1. The van der Waals surface area contributed by atoms with Crippen LogP contribution in [-0.4, -0.2) is 42.4 Å². The van der Waals surface area contributed by atoms with Crippen molar-refractivity contribution >= 4 is 11.8 Å². The maximum absolute atomic E-state index is 12.0. The van der Waals surface area contributed by atoms with E-state index in [4.69, 9.17) is 0 Å². The summed E-state index contributed by atoms with van der Waals surface area (Å²) >= 11 is 0. The van der Waals surface area contributed by atoms with Crippen molar-refractivity contribution in [3.8, 4) is 0 Å². The van der Waals surface area contributed by atoms with Gasteiger partial charge < -0.3 is 10.6 Å². The van der Waals surface area contributed by atoms with E-state index in [1.807, 2.05) is 20.8 Å². The summed E-state index contributed by atoms with van der Waals surface area (Å²) in [5, 5.41) is 5.74. The second-order valence-corrected chi connectivity index (χ2v) is 7.98. The second-order valence-electron chi connectivity index (χ2n) is 7.98. The Bertz CT molecular complexity index is 599. The minimum atomic E-state index is -0.471. The molecule has 1 saturated heterocycles. The van der Waals surface area contributed by atoms with Crippen LogP contribution >= 0.6 is 0 Å². The number of likely N-dealkylation sites (tertiary alicyclic amines) is 1. The van der Waals surface area contributed by atoms with Gasteiger partial charge in [0, 0.05) is 31.1 Å². The van der Waals surface area contributed by atoms with E-state index in [0.29, 0.717) is 0 Å². The number of carbonyl (C=O) groups is 2. The molecule has 1 aliphatic rings. The Morgan fingerprint density at radius 1 is 1.16 bits per heavy atom. The van der Waals surface area contributed by atoms with Crippen molar-refractivity contribution in [2.45, 2.75) is 53.1 Å². The Labute approximate surface area is 151 Å². The number of piperidine rings is 1. The molecular weight excluding hydrogens is 314 g/mol. The first-order valence-corrected chi connectivity index (χ1v) is 9.10. The average molecular weight is 345 g/mol. The van der Waals surface area contributed by atoms with E-state index in [1.54, 1.807) is 0 Å². The van der Waals surface area contributed by atoms with Crippen LogP contribution in [0.3, 0.4) is 0 Å². The molecule has 0 aromatic heterocycles. The van der Waals surface area contributed by atoms with Crippen molar-refractivity contribution in [3.05, 3.63) is 35.4 Å². The van der Waals surface area contributed by atoms with Gasteiger partial charge in [0.2, 0.25) is 11.8 Å². The van der Waals surface area contributed by atoms with Gasteiger partial charge in [0.15, 0.2) is 0 Å². The lowest BCUT2D eigenvalue weighted by Gasteiger charge is -2.32. The third-order valence-electron chi connectivity index (χ3n) is 4.70. The van der Waals surface area contributed by atoms with Crippen molar-refractivity contribution < 1.29 is 9.59 Å². The summed E-state index contributed by atoms with van der Waals surface area (Å²) in [5.41, 5.74) is 2.23. The summed E-state index contributed by atoms with van der Waals surface area (Å²) in [7, 11) is 0. The van der Waals surface area contributed by atoms with Gasteiger partial charge in [0.05, 0.1) is 6.54 Å². The molecule has 2 amide bonds. The predicted molar refractivity (Wildman–Crippen MR) is 100 cm³/mol. The highest BCUT2D eigenvalue weighted by Gasteiger charge is 2.23. The Morgan fingerprint density at radius 3 is 2.40 bits per heavy atom. The van der Waals surface area contributed by atoms with Crippen LogP contribution in [0.5, 0.6) is 0 Å². The molecule has 2 rings (SSSR count). The highest BCUT2D eigenvalue weighted by molar-refractivity contribution is 5.87. The summed E-state index contributed by atoms with van der Waals surface area (Å²) in [4.78, 5) is 26.3. The third-order valence-corrected chi connectivity index (χ3v) is 4.70. The van der Waals surface area contributed by atoms with E-state index in [2.05, 4.69) is 46.7 Å². The van der Waals surface area contributed by atoms with Crippen LogP contribution in [0, 0.1) is 12.3 Å². The van der Waals surface area contributed by atoms with Crippen LogP contribution in [0.25, 0.3) is 0 Å². The lowest BCUT2D eigenvalue weighted by molar-refractivity contribution is -0.131. The van der Waals surface area contributed by atoms with Crippen molar-refractivity contribution in [2.75, 3.05) is 19.6 Å². The van der Waals surface area contributed by atoms with E-state index >= 15 is 0 Å². The Hall–Kier alpha value is -1.88. The summed E-state index contributed by atoms with van der Waals surface area (Å²) in [6.07, 6.45) is 1.90. The maximum atomic E-state index is 12.0. The first-order valence-electron chi connectivity index (χ1n) is 9.10. The monoisotopic (exact) mass is 345 g/mol. The highest BCUT2D eigenvalue weighted by Crippen LogP contribution is 2.16. The van der Waals surface area contributed by atoms with Crippen molar-refractivity contribution in [1.29, 1.82) is 0 Å². The molecule has 2 N–H and O–H groups in total. The molecule has 0 unspecified atom stereocenters. The smallest absolute Gasteiger partial charge is 0.239 e. The van der Waals surface area contributed by atoms with E-state index < -0.39 is 5.41 Å². The maximum Gasteiger partial charge on any atom is 0.239 e. The van der Waals surface area contributed by atoms with Crippen LogP contribution in [0.4, 0.5) is 0 Å². The van der Waals surface area contributed by atoms with E-state index in [0.717, 1.165) is 32.5 Å². The van der Waals surface area contributed by atoms with Crippen LogP contribution in [0.15, 0.2) is 24.3 Å². The highest BCUT2D eigenvalue weighted by atomic mass is 16.2. The average Bonchev–Trinajstić information content (AvgIpc) is 2.55. The zero-order chi connectivity index (χ0) is 18.4. The van der Waals surface area contributed by atoms with Crippen LogP contribution in [0.1, 0.15) is 44.7 Å². The second kappa shape index (κ2) is 8.48. The molecule has 0 radical (unpaired) electrons. The molecule has 0 aliphatic carbocycles. The topological polar surface area (TPSA) is 61.4 Å². The number of nitrogens with one attached hydrogen (secondary N) is 2. The fourth-order valence-corrected chi connectivity index (χ4v) is 2.97. The molecule has 1 aliphatic heterocycles. The molecule has 1 heterocycles. The molecule has 0 atom stereocenters. The fraction of sp³-hybridized carbons (Fsp3) is 0.600. The van der Waals surface area contributed by atoms with Crippen LogP contribution in [0.2, 0.25) is 0 Å². The van der Waals surface area contributed by atoms with Gasteiger partial charge in [-0.15, -0.1) is 0 Å². The summed E-state index contributed by atoms with van der Waals surface area (Å²) < 4.78 is 0. The molecule has 25 heavy (non-hydrogen) atoms. The largest absolute Gasteiger partial charge is 0.352 e. The molecule has 5 heteroatoms. The summed E-state index contributed by atoms with van der Waals surface area (Å²) in [6, 6.07) is 8.68. The number of rotatable bonds is 5. The predicted octanol–water partition coefficient (Wildman–Crippen LogP) is 2.24. The summed E-state index contributed by atoms with van der Waals surface area (Å²) in [5.74, 6) is -0.203. The van der Waals surface area contributed by atoms with Gasteiger partial charge in [0.25, 0.3) is 0 Å². The first-order chi connectivity index (χ1) is 11.8. The van der Waals surface area contributed by atoms with Gasteiger partial charge in [0.1, 0.15) is 0 Å². The Balaban J connectivity index is 1.71. The minimum absolute atomic E-state index is 0.0551. The minimum Gasteiger partial charge on any atom is -0.352 e. The van der Waals surface area contributed by atoms with Gasteiger partial charge in [-0.3, -0.25) is 14.5 Å². The zero-order valence-corrected chi connectivity index (χ0v) is 15.9. The van der Waals surface area contributed by atoms with Gasteiger partial charge in [-0.05, 0) is 30.9 Å². The number of amides is 2. The molecule has 0 spiro atoms. The van der Waals surface area contributed by atoms with Gasteiger partial charge in [-0.1, -0.05) is 45.0 Å². The molecule has 1 fully saturated rings. The van der Waals surface area contributed by atoms with E-state index in [9.17, 15) is 9.59 Å². The molecule has 1 aromatic carbocycles. The quantitative estimate of drug-likeness (QED) is 0.860. The SMILES string of the molecule is Cc1ccccc1CN1CCC(NC(=O)CNC(=O)C(C)(C)C)CC1. The van der Waals surface area contributed by atoms with Crippen molar-refractivity contribution in [3.63, 3.8) is 0 Å². The molecule has 5 nitrogen and oxygen atoms in total. The van der Waals surface area contributed by atoms with Crippen molar-refractivity contribution in [2.24, 2.45) is 5.41 Å². The number of hydrogen-bond acceptors (Lipinski definition) is 3. The van der Waals surface area contributed by atoms with Crippen LogP contribution < -0.4 is 10.6 Å². The summed E-state index contributed by atoms with van der Waals surface area (Å²) in [6.45, 7) is 10.6. The Morgan fingerprint density at radius 2 is 1.80 bits per heavy atom. The van der Waals surface area contributed by atoms with E-state index in [-0.39, 0.29) is 24.4 Å². The molecular formula is C20H31N3O2. The lowest BCUT2D eigenvalue weighted by atomic mass is 9.96. The molecule has 138 valence electrons. The number of benzene rings is 1. The number of hydrogen-bond donors (Lipinski definition) is 2. The van der Waals surface area contributed by atoms with E-state index in [1.165, 1.54) is 11.1 Å². The van der Waals surface area contributed by atoms with Crippen LogP contribution in [-0.2, 0) is 16.1 Å². The number of carbonyl (C=O) groups excluding carboxylic acids is 2.